The Bertz CT molecular complexity index is 565. The van der Waals surface area contributed by atoms with Crippen LogP contribution in [0, 0.1) is 0 Å². The number of rotatable bonds is 4. The van der Waals surface area contributed by atoms with Gasteiger partial charge in [-0.1, -0.05) is 23.9 Å². The lowest BCUT2D eigenvalue weighted by molar-refractivity contribution is -0.136. The Balaban J connectivity index is 2.28. The third-order valence-corrected chi connectivity index (χ3v) is 2.35. The molecule has 2 aromatic rings. The van der Waals surface area contributed by atoms with E-state index in [9.17, 15) is 4.79 Å². The van der Waals surface area contributed by atoms with Crippen molar-refractivity contribution in [2.75, 3.05) is 12.4 Å². The van der Waals surface area contributed by atoms with E-state index >= 15 is 0 Å². The standard InChI is InChI=1S/C11H11N3O2S/c1-8(11(15)16-6-7-17)14-10-5-3-2-4-9(10)12-13-14/h2-5,17H,1,6-7H2. The number of carbonyl (C=O) groups excluding carboxylic acids is 1. The van der Waals surface area contributed by atoms with E-state index < -0.39 is 5.97 Å². The van der Waals surface area contributed by atoms with Gasteiger partial charge in [-0.25, -0.2) is 9.48 Å². The van der Waals surface area contributed by atoms with Crippen LogP contribution in [0.25, 0.3) is 16.7 Å². The number of hydrogen-bond acceptors (Lipinski definition) is 5. The van der Waals surface area contributed by atoms with Crippen LogP contribution in [0.1, 0.15) is 0 Å². The third kappa shape index (κ3) is 2.31. The van der Waals surface area contributed by atoms with Crippen LogP contribution in [0.4, 0.5) is 0 Å². The molecule has 0 fully saturated rings. The van der Waals surface area contributed by atoms with Crippen LogP contribution in [-0.4, -0.2) is 33.3 Å². The van der Waals surface area contributed by atoms with Crippen LogP contribution in [0.5, 0.6) is 0 Å². The van der Waals surface area contributed by atoms with E-state index in [1.54, 1.807) is 0 Å². The first kappa shape index (κ1) is 11.7. The molecule has 0 saturated carbocycles. The van der Waals surface area contributed by atoms with Crippen molar-refractivity contribution in [2.24, 2.45) is 0 Å². The molecule has 0 spiro atoms. The summed E-state index contributed by atoms with van der Waals surface area (Å²) < 4.78 is 6.29. The second-order valence-corrected chi connectivity index (χ2v) is 3.74. The Morgan fingerprint density at radius 1 is 1.47 bits per heavy atom. The number of para-hydroxylation sites is 1. The summed E-state index contributed by atoms with van der Waals surface area (Å²) in [4.78, 5) is 11.6. The largest absolute Gasteiger partial charge is 0.460 e. The maximum Gasteiger partial charge on any atom is 0.356 e. The predicted molar refractivity (Wildman–Crippen MR) is 67.7 cm³/mol. The van der Waals surface area contributed by atoms with Crippen molar-refractivity contribution >= 4 is 35.3 Å². The normalized spacial score (nSPS) is 10.4. The lowest BCUT2D eigenvalue weighted by Gasteiger charge is -2.05. The molecule has 6 heteroatoms. The molecule has 1 heterocycles. The van der Waals surface area contributed by atoms with Gasteiger partial charge in [0.25, 0.3) is 0 Å². The quantitative estimate of drug-likeness (QED) is 0.505. The Kier molecular flexibility index (Phi) is 3.43. The summed E-state index contributed by atoms with van der Waals surface area (Å²) >= 11 is 3.96. The average molecular weight is 249 g/mol. The van der Waals surface area contributed by atoms with Crippen molar-refractivity contribution in [1.29, 1.82) is 0 Å². The highest BCUT2D eigenvalue weighted by Gasteiger charge is 2.14. The highest BCUT2D eigenvalue weighted by Crippen LogP contribution is 2.14. The van der Waals surface area contributed by atoms with Crippen LogP contribution in [-0.2, 0) is 9.53 Å². The van der Waals surface area contributed by atoms with Gasteiger partial charge >= 0.3 is 5.97 Å². The molecule has 1 aromatic heterocycles. The van der Waals surface area contributed by atoms with Crippen LogP contribution < -0.4 is 0 Å². The van der Waals surface area contributed by atoms with E-state index in [0.29, 0.717) is 11.3 Å². The summed E-state index contributed by atoms with van der Waals surface area (Å²) in [6, 6.07) is 7.31. The fourth-order valence-electron chi connectivity index (χ4n) is 1.38. The van der Waals surface area contributed by atoms with Gasteiger partial charge in [-0.2, -0.15) is 12.6 Å². The summed E-state index contributed by atoms with van der Waals surface area (Å²) in [5.41, 5.74) is 1.57. The molecule has 5 nitrogen and oxygen atoms in total. The molecule has 0 unspecified atom stereocenters. The summed E-state index contributed by atoms with van der Waals surface area (Å²) in [5, 5.41) is 7.80. The molecule has 0 atom stereocenters. The molecule has 0 aliphatic rings. The van der Waals surface area contributed by atoms with E-state index in [1.807, 2.05) is 24.3 Å². The monoisotopic (exact) mass is 249 g/mol. The molecule has 17 heavy (non-hydrogen) atoms. The van der Waals surface area contributed by atoms with E-state index in [-0.39, 0.29) is 12.3 Å². The van der Waals surface area contributed by atoms with Crippen molar-refractivity contribution in [1.82, 2.24) is 15.0 Å². The van der Waals surface area contributed by atoms with Gasteiger partial charge in [-0.15, -0.1) is 5.10 Å². The number of esters is 1. The number of aromatic nitrogens is 3. The fraction of sp³-hybridized carbons (Fsp3) is 0.182. The summed E-state index contributed by atoms with van der Waals surface area (Å²) in [6.45, 7) is 3.90. The van der Waals surface area contributed by atoms with E-state index in [4.69, 9.17) is 4.74 Å². The zero-order chi connectivity index (χ0) is 12.3. The van der Waals surface area contributed by atoms with Crippen LogP contribution in [0.15, 0.2) is 30.8 Å². The number of hydrogen-bond donors (Lipinski definition) is 1. The van der Waals surface area contributed by atoms with Crippen molar-refractivity contribution in [3.8, 4) is 0 Å². The van der Waals surface area contributed by atoms with Gasteiger partial charge in [-0.3, -0.25) is 0 Å². The van der Waals surface area contributed by atoms with Crippen molar-refractivity contribution < 1.29 is 9.53 Å². The van der Waals surface area contributed by atoms with Gasteiger partial charge in [0.15, 0.2) is 0 Å². The summed E-state index contributed by atoms with van der Waals surface area (Å²) in [7, 11) is 0. The van der Waals surface area contributed by atoms with Crippen molar-refractivity contribution in [2.45, 2.75) is 0 Å². The number of ether oxygens (including phenoxy) is 1. The number of fused-ring (bicyclic) bond motifs is 1. The van der Waals surface area contributed by atoms with Gasteiger partial charge in [-0.05, 0) is 12.1 Å². The topological polar surface area (TPSA) is 57.0 Å². The second-order valence-electron chi connectivity index (χ2n) is 3.30. The molecule has 88 valence electrons. The first-order chi connectivity index (χ1) is 8.24. The van der Waals surface area contributed by atoms with Gasteiger partial charge in [0.1, 0.15) is 17.8 Å². The Hall–Kier alpha value is -1.82. The van der Waals surface area contributed by atoms with Crippen molar-refractivity contribution in [3.63, 3.8) is 0 Å². The highest BCUT2D eigenvalue weighted by molar-refractivity contribution is 7.80. The van der Waals surface area contributed by atoms with E-state index in [2.05, 4.69) is 29.5 Å². The molecule has 0 amide bonds. The Labute approximate surface area is 103 Å². The van der Waals surface area contributed by atoms with Gasteiger partial charge in [0.2, 0.25) is 0 Å². The van der Waals surface area contributed by atoms with Crippen LogP contribution >= 0.6 is 12.6 Å². The van der Waals surface area contributed by atoms with Gasteiger partial charge < -0.3 is 4.74 Å². The summed E-state index contributed by atoms with van der Waals surface area (Å²) in [5.74, 6) is -0.0494. The Morgan fingerprint density at radius 3 is 3.00 bits per heavy atom. The molecule has 2 rings (SSSR count). The van der Waals surface area contributed by atoms with E-state index in [0.717, 1.165) is 5.52 Å². The van der Waals surface area contributed by atoms with Crippen LogP contribution in [0.3, 0.4) is 0 Å². The highest BCUT2D eigenvalue weighted by atomic mass is 32.1. The zero-order valence-corrected chi connectivity index (χ0v) is 9.93. The zero-order valence-electron chi connectivity index (χ0n) is 9.04. The molecule has 0 aliphatic carbocycles. The number of thiol groups is 1. The number of carbonyl (C=O) groups is 1. The SMILES string of the molecule is C=C(C(=O)OCCS)n1nnc2ccccc21. The third-order valence-electron chi connectivity index (χ3n) is 2.17. The first-order valence-electron chi connectivity index (χ1n) is 5.01. The average Bonchev–Trinajstić information content (AvgIpc) is 2.78. The predicted octanol–water partition coefficient (Wildman–Crippen LogP) is 1.37. The smallest absolute Gasteiger partial charge is 0.356 e. The number of benzene rings is 1. The van der Waals surface area contributed by atoms with E-state index in [1.165, 1.54) is 4.68 Å². The maximum absolute atomic E-state index is 11.6. The van der Waals surface area contributed by atoms with Crippen LogP contribution in [0.2, 0.25) is 0 Å². The van der Waals surface area contributed by atoms with Gasteiger partial charge in [0.05, 0.1) is 5.52 Å². The fourth-order valence-corrected chi connectivity index (χ4v) is 1.47. The number of nitrogens with zero attached hydrogens (tertiary/aromatic N) is 3. The molecule has 0 radical (unpaired) electrons. The molecule has 0 aliphatic heterocycles. The molecular formula is C11H11N3O2S. The lowest BCUT2D eigenvalue weighted by Crippen LogP contribution is -2.13. The minimum atomic E-state index is -0.519. The molecule has 0 saturated heterocycles. The summed E-state index contributed by atoms with van der Waals surface area (Å²) in [6.07, 6.45) is 0. The molecule has 0 N–H and O–H groups in total. The second kappa shape index (κ2) is 5.01. The molecule has 1 aromatic carbocycles. The Morgan fingerprint density at radius 2 is 2.24 bits per heavy atom. The molecule has 0 bridgehead atoms. The van der Waals surface area contributed by atoms with Crippen molar-refractivity contribution in [3.05, 3.63) is 30.8 Å². The molecular weight excluding hydrogens is 238 g/mol. The first-order valence-corrected chi connectivity index (χ1v) is 5.65. The minimum absolute atomic E-state index is 0.139. The minimum Gasteiger partial charge on any atom is -0.460 e. The lowest BCUT2D eigenvalue weighted by atomic mass is 10.3. The van der Waals surface area contributed by atoms with Gasteiger partial charge in [0, 0.05) is 5.75 Å². The maximum atomic E-state index is 11.6.